The average Bonchev–Trinajstić information content (AvgIpc) is 3.01. The highest BCUT2D eigenvalue weighted by atomic mass is 16.7. The van der Waals surface area contributed by atoms with E-state index in [0.29, 0.717) is 22.6 Å². The van der Waals surface area contributed by atoms with Gasteiger partial charge in [-0.2, -0.15) is 0 Å². The molecule has 3 aromatic rings. The zero-order chi connectivity index (χ0) is 16.0. The van der Waals surface area contributed by atoms with Crippen molar-refractivity contribution in [2.75, 3.05) is 6.79 Å². The van der Waals surface area contributed by atoms with E-state index in [0.717, 1.165) is 0 Å². The van der Waals surface area contributed by atoms with E-state index in [1.165, 1.54) is 6.07 Å². The SMILES string of the molecule is O=C(O)c1c(-c2ccccc2)[nH]c2cc3c(cc2c1=O)OCO3. The van der Waals surface area contributed by atoms with E-state index in [1.807, 2.05) is 6.07 Å². The minimum atomic E-state index is -1.27. The van der Waals surface area contributed by atoms with E-state index in [9.17, 15) is 14.7 Å². The first-order chi connectivity index (χ1) is 11.1. The van der Waals surface area contributed by atoms with Gasteiger partial charge in [-0.25, -0.2) is 4.79 Å². The molecule has 0 atom stereocenters. The number of carboxylic acid groups (broad SMARTS) is 1. The van der Waals surface area contributed by atoms with Crippen molar-refractivity contribution in [2.45, 2.75) is 0 Å². The molecule has 0 saturated carbocycles. The summed E-state index contributed by atoms with van der Waals surface area (Å²) in [6.45, 7) is 0.0805. The lowest BCUT2D eigenvalue weighted by atomic mass is 10.0. The Bertz CT molecular complexity index is 991. The summed E-state index contributed by atoms with van der Waals surface area (Å²) in [5, 5.41) is 9.74. The largest absolute Gasteiger partial charge is 0.477 e. The molecule has 23 heavy (non-hydrogen) atoms. The number of fused-ring (bicyclic) bond motifs is 2. The topological polar surface area (TPSA) is 88.6 Å². The summed E-state index contributed by atoms with van der Waals surface area (Å²) in [6, 6.07) is 12.0. The van der Waals surface area contributed by atoms with Crippen molar-refractivity contribution in [3.63, 3.8) is 0 Å². The van der Waals surface area contributed by atoms with Gasteiger partial charge in [-0.15, -0.1) is 0 Å². The Kier molecular flexibility index (Phi) is 2.84. The van der Waals surface area contributed by atoms with Crippen molar-refractivity contribution in [3.8, 4) is 22.8 Å². The van der Waals surface area contributed by atoms with Gasteiger partial charge in [0.2, 0.25) is 12.2 Å². The highest BCUT2D eigenvalue weighted by Crippen LogP contribution is 2.35. The second-order valence-electron chi connectivity index (χ2n) is 5.13. The molecule has 0 fully saturated rings. The monoisotopic (exact) mass is 309 g/mol. The average molecular weight is 309 g/mol. The highest BCUT2D eigenvalue weighted by molar-refractivity contribution is 5.99. The molecule has 0 aliphatic carbocycles. The van der Waals surface area contributed by atoms with Crippen molar-refractivity contribution < 1.29 is 19.4 Å². The summed E-state index contributed by atoms with van der Waals surface area (Å²) in [6.07, 6.45) is 0. The second-order valence-corrected chi connectivity index (χ2v) is 5.13. The van der Waals surface area contributed by atoms with E-state index in [1.54, 1.807) is 30.3 Å². The molecule has 0 unspecified atom stereocenters. The number of H-pyrrole nitrogens is 1. The molecular formula is C17H11NO5. The van der Waals surface area contributed by atoms with Gasteiger partial charge in [0.25, 0.3) is 0 Å². The maximum absolute atomic E-state index is 12.7. The molecule has 2 aromatic carbocycles. The van der Waals surface area contributed by atoms with Crippen molar-refractivity contribution in [2.24, 2.45) is 0 Å². The number of nitrogens with one attached hydrogen (secondary N) is 1. The maximum Gasteiger partial charge on any atom is 0.341 e. The number of pyridine rings is 1. The third kappa shape index (κ3) is 2.03. The summed E-state index contributed by atoms with van der Waals surface area (Å²) < 4.78 is 10.6. The third-order valence-electron chi connectivity index (χ3n) is 3.77. The summed E-state index contributed by atoms with van der Waals surface area (Å²) in [7, 11) is 0. The van der Waals surface area contributed by atoms with Crippen LogP contribution in [0, 0.1) is 0 Å². The molecule has 6 nitrogen and oxygen atoms in total. The number of carbonyl (C=O) groups is 1. The minimum absolute atomic E-state index is 0.0805. The summed E-state index contributed by atoms with van der Waals surface area (Å²) in [4.78, 5) is 27.3. The Morgan fingerprint density at radius 3 is 2.48 bits per heavy atom. The predicted molar refractivity (Wildman–Crippen MR) is 83.1 cm³/mol. The number of hydrogen-bond acceptors (Lipinski definition) is 4. The van der Waals surface area contributed by atoms with E-state index < -0.39 is 11.4 Å². The van der Waals surface area contributed by atoms with Crippen LogP contribution in [0.15, 0.2) is 47.3 Å². The van der Waals surface area contributed by atoms with Gasteiger partial charge in [0.15, 0.2) is 11.5 Å². The van der Waals surface area contributed by atoms with Gasteiger partial charge in [-0.3, -0.25) is 4.79 Å². The number of hydrogen-bond donors (Lipinski definition) is 2. The third-order valence-corrected chi connectivity index (χ3v) is 3.77. The Morgan fingerprint density at radius 1 is 1.09 bits per heavy atom. The van der Waals surface area contributed by atoms with Crippen molar-refractivity contribution in [1.29, 1.82) is 0 Å². The molecule has 0 bridgehead atoms. The van der Waals surface area contributed by atoms with Gasteiger partial charge in [-0.05, 0) is 11.6 Å². The predicted octanol–water partition coefficient (Wildman–Crippen LogP) is 2.62. The van der Waals surface area contributed by atoms with Crippen LogP contribution in [0.1, 0.15) is 10.4 Å². The van der Waals surface area contributed by atoms with Crippen molar-refractivity contribution >= 4 is 16.9 Å². The highest BCUT2D eigenvalue weighted by Gasteiger charge is 2.22. The lowest BCUT2D eigenvalue weighted by Gasteiger charge is -2.09. The minimum Gasteiger partial charge on any atom is -0.477 e. The van der Waals surface area contributed by atoms with Crippen LogP contribution in [-0.4, -0.2) is 22.9 Å². The molecule has 6 heteroatoms. The molecule has 1 aromatic heterocycles. The number of aromatic nitrogens is 1. The molecule has 2 heterocycles. The zero-order valence-electron chi connectivity index (χ0n) is 11.8. The standard InChI is InChI=1S/C17H11NO5/c19-16-10-6-12-13(23-8-22-12)7-11(10)18-15(14(16)17(20)21)9-4-2-1-3-5-9/h1-7H,8H2,(H,18,19)(H,20,21). The molecule has 114 valence electrons. The van der Waals surface area contributed by atoms with Crippen LogP contribution in [0.2, 0.25) is 0 Å². The Morgan fingerprint density at radius 2 is 1.78 bits per heavy atom. The molecule has 2 N–H and O–H groups in total. The molecule has 1 aliphatic heterocycles. The lowest BCUT2D eigenvalue weighted by Crippen LogP contribution is -2.18. The quantitative estimate of drug-likeness (QED) is 0.759. The normalized spacial score (nSPS) is 12.5. The van der Waals surface area contributed by atoms with Crippen LogP contribution >= 0.6 is 0 Å². The van der Waals surface area contributed by atoms with Gasteiger partial charge >= 0.3 is 5.97 Å². The molecule has 0 radical (unpaired) electrons. The van der Waals surface area contributed by atoms with Crippen LogP contribution in [0.3, 0.4) is 0 Å². The fraction of sp³-hybridized carbons (Fsp3) is 0.0588. The van der Waals surface area contributed by atoms with E-state index >= 15 is 0 Å². The van der Waals surface area contributed by atoms with Gasteiger partial charge in [0.05, 0.1) is 16.6 Å². The Balaban J connectivity index is 2.10. The fourth-order valence-electron chi connectivity index (χ4n) is 2.70. The smallest absolute Gasteiger partial charge is 0.341 e. The van der Waals surface area contributed by atoms with Crippen molar-refractivity contribution in [1.82, 2.24) is 4.98 Å². The van der Waals surface area contributed by atoms with Gasteiger partial charge in [0.1, 0.15) is 5.56 Å². The maximum atomic E-state index is 12.7. The number of rotatable bonds is 2. The van der Waals surface area contributed by atoms with E-state index in [2.05, 4.69) is 4.98 Å². The Labute approximate surface area is 129 Å². The first-order valence-corrected chi connectivity index (χ1v) is 6.93. The number of ether oxygens (including phenoxy) is 2. The van der Waals surface area contributed by atoms with E-state index in [4.69, 9.17) is 9.47 Å². The summed E-state index contributed by atoms with van der Waals surface area (Å²) >= 11 is 0. The molecular weight excluding hydrogens is 298 g/mol. The molecule has 0 spiro atoms. The van der Waals surface area contributed by atoms with Crippen LogP contribution in [0.5, 0.6) is 11.5 Å². The van der Waals surface area contributed by atoms with Crippen molar-refractivity contribution in [3.05, 3.63) is 58.3 Å². The second kappa shape index (κ2) is 4.88. The molecule has 0 amide bonds. The summed E-state index contributed by atoms with van der Waals surface area (Å²) in [5.74, 6) is -0.313. The van der Waals surface area contributed by atoms with Crippen LogP contribution in [-0.2, 0) is 0 Å². The summed E-state index contributed by atoms with van der Waals surface area (Å²) in [5.41, 5.74) is 0.560. The van der Waals surface area contributed by atoms with Gasteiger partial charge in [0, 0.05) is 6.07 Å². The molecule has 1 aliphatic rings. The van der Waals surface area contributed by atoms with Crippen LogP contribution < -0.4 is 14.9 Å². The first kappa shape index (κ1) is 13.4. The lowest BCUT2D eigenvalue weighted by molar-refractivity contribution is 0.0696. The fourth-order valence-corrected chi connectivity index (χ4v) is 2.70. The number of aromatic carboxylic acids is 1. The number of carboxylic acids is 1. The zero-order valence-corrected chi connectivity index (χ0v) is 11.8. The van der Waals surface area contributed by atoms with E-state index in [-0.39, 0.29) is 23.4 Å². The van der Waals surface area contributed by atoms with Crippen LogP contribution in [0.4, 0.5) is 0 Å². The molecule has 0 saturated heterocycles. The van der Waals surface area contributed by atoms with Crippen LogP contribution in [0.25, 0.3) is 22.2 Å². The molecule has 4 rings (SSSR count). The Hall–Kier alpha value is -3.28. The van der Waals surface area contributed by atoms with Gasteiger partial charge in [-0.1, -0.05) is 30.3 Å². The van der Waals surface area contributed by atoms with Gasteiger partial charge < -0.3 is 19.6 Å². The number of benzene rings is 2. The number of aromatic amines is 1. The first-order valence-electron chi connectivity index (χ1n) is 6.93.